The molecule has 0 spiro atoms. The SMILES string of the molecule is Cc1ccc(CNC(C(=O)NCC(=O)O)C2CCCCC2)cc1. The van der Waals surface area contributed by atoms with E-state index < -0.39 is 5.97 Å². The Labute approximate surface area is 137 Å². The van der Waals surface area contributed by atoms with Crippen molar-refractivity contribution in [3.63, 3.8) is 0 Å². The van der Waals surface area contributed by atoms with Crippen LogP contribution in [0.3, 0.4) is 0 Å². The molecular weight excluding hydrogens is 292 g/mol. The fraction of sp³-hybridized carbons (Fsp3) is 0.556. The first kappa shape index (κ1) is 17.5. The summed E-state index contributed by atoms with van der Waals surface area (Å²) in [6.07, 6.45) is 5.54. The minimum atomic E-state index is -1.01. The summed E-state index contributed by atoms with van der Waals surface area (Å²) in [5.74, 6) is -0.936. The molecule has 0 radical (unpaired) electrons. The highest BCUT2D eigenvalue weighted by atomic mass is 16.4. The molecule has 23 heavy (non-hydrogen) atoms. The van der Waals surface area contributed by atoms with Crippen LogP contribution in [0.25, 0.3) is 0 Å². The summed E-state index contributed by atoms with van der Waals surface area (Å²) in [5, 5.41) is 14.6. The van der Waals surface area contributed by atoms with E-state index in [-0.39, 0.29) is 24.4 Å². The van der Waals surface area contributed by atoms with Gasteiger partial charge in [-0.3, -0.25) is 9.59 Å². The van der Waals surface area contributed by atoms with Gasteiger partial charge in [0.25, 0.3) is 0 Å². The number of aliphatic carboxylic acids is 1. The fourth-order valence-corrected chi connectivity index (χ4v) is 3.15. The van der Waals surface area contributed by atoms with E-state index in [9.17, 15) is 9.59 Å². The Balaban J connectivity index is 1.98. The zero-order valence-corrected chi connectivity index (χ0v) is 13.7. The highest BCUT2D eigenvalue weighted by Gasteiger charge is 2.29. The Morgan fingerprint density at radius 2 is 1.83 bits per heavy atom. The van der Waals surface area contributed by atoms with Crippen molar-refractivity contribution in [1.82, 2.24) is 10.6 Å². The molecule has 0 bridgehead atoms. The molecule has 1 fully saturated rings. The minimum Gasteiger partial charge on any atom is -0.480 e. The predicted octanol–water partition coefficient (Wildman–Crippen LogP) is 2.23. The smallest absolute Gasteiger partial charge is 0.322 e. The lowest BCUT2D eigenvalue weighted by molar-refractivity contribution is -0.138. The van der Waals surface area contributed by atoms with Crippen molar-refractivity contribution in [2.45, 2.75) is 51.6 Å². The van der Waals surface area contributed by atoms with Crippen molar-refractivity contribution in [1.29, 1.82) is 0 Å². The molecule has 0 saturated heterocycles. The van der Waals surface area contributed by atoms with Gasteiger partial charge < -0.3 is 15.7 Å². The number of nitrogens with one attached hydrogen (secondary N) is 2. The van der Waals surface area contributed by atoms with Gasteiger partial charge in [0.15, 0.2) is 0 Å². The van der Waals surface area contributed by atoms with E-state index in [2.05, 4.69) is 34.9 Å². The summed E-state index contributed by atoms with van der Waals surface area (Å²) in [7, 11) is 0. The highest BCUT2D eigenvalue weighted by molar-refractivity contribution is 5.85. The lowest BCUT2D eigenvalue weighted by atomic mass is 9.83. The maximum Gasteiger partial charge on any atom is 0.322 e. The van der Waals surface area contributed by atoms with Crippen molar-refractivity contribution in [3.05, 3.63) is 35.4 Å². The molecule has 0 heterocycles. The van der Waals surface area contributed by atoms with Gasteiger partial charge >= 0.3 is 5.97 Å². The van der Waals surface area contributed by atoms with Gasteiger partial charge in [-0.1, -0.05) is 49.1 Å². The number of hydrogen-bond donors (Lipinski definition) is 3. The first-order chi connectivity index (χ1) is 11.1. The van der Waals surface area contributed by atoms with E-state index in [0.29, 0.717) is 6.54 Å². The van der Waals surface area contributed by atoms with Crippen molar-refractivity contribution in [2.75, 3.05) is 6.54 Å². The van der Waals surface area contributed by atoms with Crippen LogP contribution in [-0.2, 0) is 16.1 Å². The molecule has 1 aromatic rings. The van der Waals surface area contributed by atoms with Crippen LogP contribution in [0.4, 0.5) is 0 Å². The summed E-state index contributed by atoms with van der Waals surface area (Å²) in [5.41, 5.74) is 2.33. The summed E-state index contributed by atoms with van der Waals surface area (Å²) >= 11 is 0. The van der Waals surface area contributed by atoms with Crippen LogP contribution in [0.5, 0.6) is 0 Å². The second kappa shape index (κ2) is 8.67. The third-order valence-corrected chi connectivity index (χ3v) is 4.46. The number of aryl methyl sites for hydroxylation is 1. The quantitative estimate of drug-likeness (QED) is 0.720. The topological polar surface area (TPSA) is 78.4 Å². The van der Waals surface area contributed by atoms with Crippen LogP contribution in [0.2, 0.25) is 0 Å². The minimum absolute atomic E-state index is 0.202. The molecule has 1 unspecified atom stereocenters. The van der Waals surface area contributed by atoms with Crippen molar-refractivity contribution in [3.8, 4) is 0 Å². The molecule has 5 heteroatoms. The molecule has 1 aliphatic rings. The molecule has 1 aliphatic carbocycles. The maximum atomic E-state index is 12.4. The molecule has 0 aliphatic heterocycles. The third-order valence-electron chi connectivity index (χ3n) is 4.46. The van der Waals surface area contributed by atoms with Crippen LogP contribution in [0, 0.1) is 12.8 Å². The monoisotopic (exact) mass is 318 g/mol. The van der Waals surface area contributed by atoms with E-state index in [1.54, 1.807) is 0 Å². The van der Waals surface area contributed by atoms with Gasteiger partial charge in [-0.05, 0) is 31.2 Å². The van der Waals surface area contributed by atoms with Crippen molar-refractivity contribution in [2.24, 2.45) is 5.92 Å². The van der Waals surface area contributed by atoms with Gasteiger partial charge in [0.2, 0.25) is 5.91 Å². The van der Waals surface area contributed by atoms with Crippen molar-refractivity contribution < 1.29 is 14.7 Å². The van der Waals surface area contributed by atoms with Gasteiger partial charge in [-0.2, -0.15) is 0 Å². The molecule has 1 saturated carbocycles. The fourth-order valence-electron chi connectivity index (χ4n) is 3.15. The molecule has 2 rings (SSSR count). The number of carbonyl (C=O) groups is 2. The Morgan fingerprint density at radius 1 is 1.17 bits per heavy atom. The Bertz CT molecular complexity index is 522. The number of carbonyl (C=O) groups excluding carboxylic acids is 1. The summed E-state index contributed by atoms with van der Waals surface area (Å²) in [6.45, 7) is 2.33. The van der Waals surface area contributed by atoms with Gasteiger partial charge in [0.1, 0.15) is 6.54 Å². The second-order valence-corrected chi connectivity index (χ2v) is 6.35. The Morgan fingerprint density at radius 3 is 2.43 bits per heavy atom. The molecule has 3 N–H and O–H groups in total. The van der Waals surface area contributed by atoms with E-state index in [1.807, 2.05) is 6.92 Å². The van der Waals surface area contributed by atoms with Gasteiger partial charge in [0.05, 0.1) is 6.04 Å². The molecule has 1 amide bonds. The summed E-state index contributed by atoms with van der Waals surface area (Å²) in [4.78, 5) is 23.1. The average molecular weight is 318 g/mol. The Hall–Kier alpha value is -1.88. The molecule has 1 atom stereocenters. The van der Waals surface area contributed by atoms with E-state index in [4.69, 9.17) is 5.11 Å². The summed E-state index contributed by atoms with van der Waals surface area (Å²) in [6, 6.07) is 7.88. The largest absolute Gasteiger partial charge is 0.480 e. The van der Waals surface area contributed by atoms with Gasteiger partial charge in [0, 0.05) is 6.54 Å². The summed E-state index contributed by atoms with van der Waals surface area (Å²) < 4.78 is 0. The van der Waals surface area contributed by atoms with Crippen LogP contribution in [0.15, 0.2) is 24.3 Å². The first-order valence-electron chi connectivity index (χ1n) is 8.34. The maximum absolute atomic E-state index is 12.4. The Kier molecular flexibility index (Phi) is 6.59. The normalized spacial score (nSPS) is 16.7. The number of amides is 1. The van der Waals surface area contributed by atoms with E-state index in [1.165, 1.54) is 12.0 Å². The number of hydrogen-bond acceptors (Lipinski definition) is 3. The van der Waals surface area contributed by atoms with Gasteiger partial charge in [-0.25, -0.2) is 0 Å². The van der Waals surface area contributed by atoms with E-state index >= 15 is 0 Å². The van der Waals surface area contributed by atoms with Crippen molar-refractivity contribution >= 4 is 11.9 Å². The molecule has 0 aromatic heterocycles. The zero-order valence-electron chi connectivity index (χ0n) is 13.7. The molecule has 1 aromatic carbocycles. The predicted molar refractivity (Wildman–Crippen MR) is 89.0 cm³/mol. The zero-order chi connectivity index (χ0) is 16.7. The third kappa shape index (κ3) is 5.67. The highest BCUT2D eigenvalue weighted by Crippen LogP contribution is 2.26. The second-order valence-electron chi connectivity index (χ2n) is 6.35. The standard InChI is InChI=1S/C18H26N2O3/c1-13-7-9-14(10-8-13)11-19-17(15-5-3-2-4-6-15)18(23)20-12-16(21)22/h7-10,15,17,19H,2-6,11-12H2,1H3,(H,20,23)(H,21,22). The van der Waals surface area contributed by atoms with Crippen LogP contribution in [0.1, 0.15) is 43.2 Å². The lowest BCUT2D eigenvalue weighted by Crippen LogP contribution is -2.50. The number of carboxylic acid groups (broad SMARTS) is 1. The first-order valence-corrected chi connectivity index (χ1v) is 8.34. The van der Waals surface area contributed by atoms with E-state index in [0.717, 1.165) is 31.2 Å². The number of rotatable bonds is 7. The average Bonchev–Trinajstić information content (AvgIpc) is 2.56. The molecule has 126 valence electrons. The van der Waals surface area contributed by atoms with Gasteiger partial charge in [-0.15, -0.1) is 0 Å². The number of benzene rings is 1. The lowest BCUT2D eigenvalue weighted by Gasteiger charge is -2.30. The van der Waals surface area contributed by atoms with Crippen LogP contribution < -0.4 is 10.6 Å². The molecular formula is C18H26N2O3. The van der Waals surface area contributed by atoms with Crippen LogP contribution in [-0.4, -0.2) is 29.6 Å². The molecule has 5 nitrogen and oxygen atoms in total. The number of carboxylic acids is 1. The van der Waals surface area contributed by atoms with Crippen LogP contribution >= 0.6 is 0 Å².